The van der Waals surface area contributed by atoms with Gasteiger partial charge < -0.3 is 11.1 Å². The number of nitrogens with two attached hydrogens (primary N) is 1. The van der Waals surface area contributed by atoms with Crippen molar-refractivity contribution in [1.29, 1.82) is 0 Å². The van der Waals surface area contributed by atoms with E-state index >= 15 is 0 Å². The number of benzene rings is 1. The second kappa shape index (κ2) is 5.75. The minimum absolute atomic E-state index is 0.288. The standard InChI is InChI=1S/C11H15BrN2O/c1-2-4-10(11(13)15)14-9-6-3-5-8(12)7-9/h3,5-7,10,14H,2,4H2,1H3,(H2,13,15). The third kappa shape index (κ3) is 3.91. The topological polar surface area (TPSA) is 55.1 Å². The lowest BCUT2D eigenvalue weighted by atomic mass is 10.1. The van der Waals surface area contributed by atoms with E-state index in [0.29, 0.717) is 0 Å². The number of rotatable bonds is 5. The number of hydrogen-bond donors (Lipinski definition) is 2. The summed E-state index contributed by atoms with van der Waals surface area (Å²) in [6, 6.07) is 7.40. The number of hydrogen-bond acceptors (Lipinski definition) is 2. The lowest BCUT2D eigenvalue weighted by molar-refractivity contribution is -0.118. The van der Waals surface area contributed by atoms with Gasteiger partial charge in [0.15, 0.2) is 0 Å². The van der Waals surface area contributed by atoms with E-state index in [1.54, 1.807) is 0 Å². The second-order valence-electron chi connectivity index (χ2n) is 3.40. The Morgan fingerprint density at radius 2 is 2.33 bits per heavy atom. The fourth-order valence-electron chi connectivity index (χ4n) is 1.35. The maximum Gasteiger partial charge on any atom is 0.239 e. The Hall–Kier alpha value is -1.03. The molecule has 0 aliphatic carbocycles. The Morgan fingerprint density at radius 3 is 2.87 bits per heavy atom. The zero-order valence-corrected chi connectivity index (χ0v) is 10.3. The number of nitrogens with one attached hydrogen (secondary N) is 1. The van der Waals surface area contributed by atoms with E-state index in [1.807, 2.05) is 31.2 Å². The Kier molecular flexibility index (Phi) is 4.62. The molecule has 1 aromatic carbocycles. The van der Waals surface area contributed by atoms with Crippen molar-refractivity contribution in [3.8, 4) is 0 Å². The predicted octanol–water partition coefficient (Wildman–Crippen LogP) is 2.51. The van der Waals surface area contributed by atoms with Gasteiger partial charge in [-0.2, -0.15) is 0 Å². The van der Waals surface area contributed by atoms with Gasteiger partial charge in [0.1, 0.15) is 6.04 Å². The molecule has 0 bridgehead atoms. The van der Waals surface area contributed by atoms with Crippen LogP contribution in [-0.2, 0) is 4.79 Å². The summed E-state index contributed by atoms with van der Waals surface area (Å²) in [5.74, 6) is -0.308. The smallest absolute Gasteiger partial charge is 0.239 e. The summed E-state index contributed by atoms with van der Waals surface area (Å²) in [5.41, 5.74) is 6.20. The van der Waals surface area contributed by atoms with Crippen molar-refractivity contribution in [3.63, 3.8) is 0 Å². The van der Waals surface area contributed by atoms with Gasteiger partial charge in [-0.25, -0.2) is 0 Å². The monoisotopic (exact) mass is 270 g/mol. The summed E-state index contributed by atoms with van der Waals surface area (Å²) in [4.78, 5) is 11.1. The summed E-state index contributed by atoms with van der Waals surface area (Å²) in [5, 5.41) is 3.12. The molecule has 1 rings (SSSR count). The van der Waals surface area contributed by atoms with Gasteiger partial charge in [-0.1, -0.05) is 35.3 Å². The molecule has 0 heterocycles. The molecular formula is C11H15BrN2O. The van der Waals surface area contributed by atoms with Crippen LogP contribution >= 0.6 is 15.9 Å². The first-order valence-electron chi connectivity index (χ1n) is 4.95. The van der Waals surface area contributed by atoms with Gasteiger partial charge in [0.2, 0.25) is 5.91 Å². The Balaban J connectivity index is 2.69. The van der Waals surface area contributed by atoms with Crippen LogP contribution in [0.1, 0.15) is 19.8 Å². The van der Waals surface area contributed by atoms with Crippen LogP contribution in [-0.4, -0.2) is 11.9 Å². The van der Waals surface area contributed by atoms with E-state index in [-0.39, 0.29) is 11.9 Å². The van der Waals surface area contributed by atoms with Crippen LogP contribution < -0.4 is 11.1 Å². The molecule has 1 atom stereocenters. The van der Waals surface area contributed by atoms with Crippen LogP contribution in [0, 0.1) is 0 Å². The van der Waals surface area contributed by atoms with Crippen molar-refractivity contribution in [2.75, 3.05) is 5.32 Å². The van der Waals surface area contributed by atoms with Gasteiger partial charge in [0.05, 0.1) is 0 Å². The number of primary amides is 1. The summed E-state index contributed by atoms with van der Waals surface area (Å²) >= 11 is 3.37. The molecule has 0 aliphatic heterocycles. The average molecular weight is 271 g/mol. The SMILES string of the molecule is CCCC(Nc1cccc(Br)c1)C(N)=O. The highest BCUT2D eigenvalue weighted by molar-refractivity contribution is 9.10. The molecule has 1 unspecified atom stereocenters. The largest absolute Gasteiger partial charge is 0.374 e. The van der Waals surface area contributed by atoms with E-state index in [9.17, 15) is 4.79 Å². The molecule has 0 fully saturated rings. The lowest BCUT2D eigenvalue weighted by Gasteiger charge is -2.15. The molecule has 0 aliphatic rings. The lowest BCUT2D eigenvalue weighted by Crippen LogP contribution is -2.35. The van der Waals surface area contributed by atoms with Crippen LogP contribution in [0.3, 0.4) is 0 Å². The number of anilines is 1. The van der Waals surface area contributed by atoms with Crippen molar-refractivity contribution >= 4 is 27.5 Å². The number of amides is 1. The number of carbonyl (C=O) groups is 1. The van der Waals surface area contributed by atoms with Gasteiger partial charge in [-0.15, -0.1) is 0 Å². The van der Waals surface area contributed by atoms with Crippen molar-refractivity contribution in [2.24, 2.45) is 5.73 Å². The van der Waals surface area contributed by atoms with Crippen molar-refractivity contribution in [3.05, 3.63) is 28.7 Å². The van der Waals surface area contributed by atoms with E-state index in [0.717, 1.165) is 23.0 Å². The van der Waals surface area contributed by atoms with Crippen LogP contribution in [0.15, 0.2) is 28.7 Å². The Bertz CT molecular complexity index is 341. The zero-order chi connectivity index (χ0) is 11.3. The molecule has 3 nitrogen and oxygen atoms in total. The second-order valence-corrected chi connectivity index (χ2v) is 4.31. The third-order valence-corrected chi connectivity index (χ3v) is 2.58. The highest BCUT2D eigenvalue weighted by Gasteiger charge is 2.13. The van der Waals surface area contributed by atoms with Gasteiger partial charge in [0.25, 0.3) is 0 Å². The van der Waals surface area contributed by atoms with Crippen LogP contribution in [0.5, 0.6) is 0 Å². The highest BCUT2D eigenvalue weighted by Crippen LogP contribution is 2.17. The zero-order valence-electron chi connectivity index (χ0n) is 8.66. The summed E-state index contributed by atoms with van der Waals surface area (Å²) in [7, 11) is 0. The van der Waals surface area contributed by atoms with Crippen molar-refractivity contribution < 1.29 is 4.79 Å². The first-order chi connectivity index (χ1) is 7.13. The average Bonchev–Trinajstić information content (AvgIpc) is 2.17. The maximum atomic E-state index is 11.1. The number of carbonyl (C=O) groups excluding carboxylic acids is 1. The molecule has 1 aromatic rings. The normalized spacial score (nSPS) is 12.1. The summed E-state index contributed by atoms with van der Waals surface area (Å²) in [6.45, 7) is 2.03. The van der Waals surface area contributed by atoms with Crippen LogP contribution in [0.4, 0.5) is 5.69 Å². The molecule has 15 heavy (non-hydrogen) atoms. The molecule has 1 amide bonds. The third-order valence-electron chi connectivity index (χ3n) is 2.09. The van der Waals surface area contributed by atoms with E-state index < -0.39 is 0 Å². The number of halogens is 1. The van der Waals surface area contributed by atoms with Crippen LogP contribution in [0.25, 0.3) is 0 Å². The fraction of sp³-hybridized carbons (Fsp3) is 0.364. The molecule has 0 radical (unpaired) electrons. The summed E-state index contributed by atoms with van der Waals surface area (Å²) < 4.78 is 0.979. The quantitative estimate of drug-likeness (QED) is 0.864. The first-order valence-corrected chi connectivity index (χ1v) is 5.74. The molecule has 82 valence electrons. The molecule has 3 N–H and O–H groups in total. The van der Waals surface area contributed by atoms with Gasteiger partial charge >= 0.3 is 0 Å². The molecule has 0 spiro atoms. The summed E-state index contributed by atoms with van der Waals surface area (Å²) in [6.07, 6.45) is 1.68. The Labute approximate surface area is 98.2 Å². The fourth-order valence-corrected chi connectivity index (χ4v) is 1.75. The molecular weight excluding hydrogens is 256 g/mol. The van der Waals surface area contributed by atoms with Gasteiger partial charge in [-0.05, 0) is 24.6 Å². The minimum atomic E-state index is -0.308. The van der Waals surface area contributed by atoms with Crippen LogP contribution in [0.2, 0.25) is 0 Å². The van der Waals surface area contributed by atoms with Crippen molar-refractivity contribution in [1.82, 2.24) is 0 Å². The Morgan fingerprint density at radius 1 is 1.60 bits per heavy atom. The molecule has 4 heteroatoms. The highest BCUT2D eigenvalue weighted by atomic mass is 79.9. The van der Waals surface area contributed by atoms with Crippen molar-refractivity contribution in [2.45, 2.75) is 25.8 Å². The maximum absolute atomic E-state index is 11.1. The predicted molar refractivity (Wildman–Crippen MR) is 65.7 cm³/mol. The van der Waals surface area contributed by atoms with E-state index in [1.165, 1.54) is 0 Å². The first kappa shape index (κ1) is 12.0. The molecule has 0 saturated carbocycles. The van der Waals surface area contributed by atoms with Gasteiger partial charge in [-0.3, -0.25) is 4.79 Å². The minimum Gasteiger partial charge on any atom is -0.374 e. The van der Waals surface area contributed by atoms with Gasteiger partial charge in [0, 0.05) is 10.2 Å². The van der Waals surface area contributed by atoms with E-state index in [4.69, 9.17) is 5.73 Å². The van der Waals surface area contributed by atoms with E-state index in [2.05, 4.69) is 21.2 Å². The molecule has 0 aromatic heterocycles. The molecule has 0 saturated heterocycles.